The average molecular weight is 292 g/mol. The van der Waals surface area contributed by atoms with Gasteiger partial charge in [-0.15, -0.1) is 0 Å². The van der Waals surface area contributed by atoms with E-state index in [0.29, 0.717) is 6.04 Å². The van der Waals surface area contributed by atoms with Gasteiger partial charge in [-0.2, -0.15) is 0 Å². The third kappa shape index (κ3) is 3.57. The SMILES string of the molecule is CCNc1ncnc(N(C)C2CCC(CC)CC2)c1OC. The van der Waals surface area contributed by atoms with Crippen molar-refractivity contribution in [1.82, 2.24) is 9.97 Å². The van der Waals surface area contributed by atoms with Crippen LogP contribution in [0.4, 0.5) is 11.6 Å². The quantitative estimate of drug-likeness (QED) is 0.871. The molecule has 0 spiro atoms. The summed E-state index contributed by atoms with van der Waals surface area (Å²) in [6.45, 7) is 5.17. The van der Waals surface area contributed by atoms with Gasteiger partial charge in [0.05, 0.1) is 7.11 Å². The van der Waals surface area contributed by atoms with Gasteiger partial charge < -0.3 is 15.0 Å². The zero-order chi connectivity index (χ0) is 15.2. The summed E-state index contributed by atoms with van der Waals surface area (Å²) in [4.78, 5) is 11.0. The molecule has 5 heteroatoms. The van der Waals surface area contributed by atoms with E-state index in [1.807, 2.05) is 0 Å². The molecule has 0 aliphatic heterocycles. The molecule has 118 valence electrons. The first-order valence-corrected chi connectivity index (χ1v) is 8.06. The first-order valence-electron chi connectivity index (χ1n) is 8.06. The molecule has 21 heavy (non-hydrogen) atoms. The third-order valence-electron chi connectivity index (χ3n) is 4.61. The molecule has 0 aromatic carbocycles. The van der Waals surface area contributed by atoms with Gasteiger partial charge in [0.2, 0.25) is 5.75 Å². The smallest absolute Gasteiger partial charge is 0.204 e. The maximum Gasteiger partial charge on any atom is 0.204 e. The Morgan fingerprint density at radius 1 is 1.24 bits per heavy atom. The molecular formula is C16H28N4O. The second-order valence-corrected chi connectivity index (χ2v) is 5.80. The molecule has 0 radical (unpaired) electrons. The number of anilines is 2. The highest BCUT2D eigenvalue weighted by Gasteiger charge is 2.26. The largest absolute Gasteiger partial charge is 0.490 e. The van der Waals surface area contributed by atoms with Crippen LogP contribution in [0.1, 0.15) is 46.0 Å². The van der Waals surface area contributed by atoms with E-state index in [1.165, 1.54) is 32.1 Å². The van der Waals surface area contributed by atoms with Crippen molar-refractivity contribution in [3.8, 4) is 5.75 Å². The molecule has 1 aliphatic rings. The lowest BCUT2D eigenvalue weighted by atomic mass is 9.84. The monoisotopic (exact) mass is 292 g/mol. The number of hydrogen-bond acceptors (Lipinski definition) is 5. The second-order valence-electron chi connectivity index (χ2n) is 5.80. The van der Waals surface area contributed by atoms with Gasteiger partial charge in [0.1, 0.15) is 6.33 Å². The van der Waals surface area contributed by atoms with Crippen molar-refractivity contribution in [2.24, 2.45) is 5.92 Å². The normalized spacial score (nSPS) is 21.9. The van der Waals surface area contributed by atoms with Crippen molar-refractivity contribution in [2.75, 3.05) is 30.9 Å². The zero-order valence-corrected chi connectivity index (χ0v) is 13.7. The average Bonchev–Trinajstić information content (AvgIpc) is 2.54. The summed E-state index contributed by atoms with van der Waals surface area (Å²) in [7, 11) is 3.81. The molecule has 1 N–H and O–H groups in total. The first kappa shape index (κ1) is 15.9. The first-order chi connectivity index (χ1) is 10.2. The highest BCUT2D eigenvalue weighted by molar-refractivity contribution is 5.64. The lowest BCUT2D eigenvalue weighted by molar-refractivity contribution is 0.311. The molecule has 0 atom stereocenters. The van der Waals surface area contributed by atoms with E-state index in [-0.39, 0.29) is 0 Å². The van der Waals surface area contributed by atoms with Crippen molar-refractivity contribution in [3.05, 3.63) is 6.33 Å². The van der Waals surface area contributed by atoms with Crippen LogP contribution in [0.25, 0.3) is 0 Å². The molecule has 0 unspecified atom stereocenters. The van der Waals surface area contributed by atoms with Gasteiger partial charge >= 0.3 is 0 Å². The van der Waals surface area contributed by atoms with Crippen LogP contribution < -0.4 is 15.0 Å². The van der Waals surface area contributed by atoms with E-state index in [0.717, 1.165) is 29.8 Å². The van der Waals surface area contributed by atoms with Gasteiger partial charge in [0.15, 0.2) is 11.6 Å². The molecule has 1 saturated carbocycles. The van der Waals surface area contributed by atoms with Crippen LogP contribution in [0, 0.1) is 5.92 Å². The van der Waals surface area contributed by atoms with Crippen LogP contribution in [0.5, 0.6) is 5.75 Å². The number of methoxy groups -OCH3 is 1. The van der Waals surface area contributed by atoms with Crippen molar-refractivity contribution >= 4 is 11.6 Å². The van der Waals surface area contributed by atoms with E-state index >= 15 is 0 Å². The van der Waals surface area contributed by atoms with Crippen molar-refractivity contribution in [1.29, 1.82) is 0 Å². The molecule has 1 fully saturated rings. The maximum absolute atomic E-state index is 5.55. The summed E-state index contributed by atoms with van der Waals surface area (Å²) in [5.41, 5.74) is 0. The Kier molecular flexibility index (Phi) is 5.65. The Bertz CT molecular complexity index is 444. The van der Waals surface area contributed by atoms with E-state index in [1.54, 1.807) is 13.4 Å². The van der Waals surface area contributed by atoms with Crippen LogP contribution in [0.3, 0.4) is 0 Å². The number of nitrogens with zero attached hydrogens (tertiary/aromatic N) is 3. The molecule has 0 saturated heterocycles. The fourth-order valence-corrected chi connectivity index (χ4v) is 3.21. The van der Waals surface area contributed by atoms with Gasteiger partial charge in [-0.05, 0) is 38.5 Å². The number of hydrogen-bond donors (Lipinski definition) is 1. The number of rotatable bonds is 6. The Labute approximate surface area is 128 Å². The maximum atomic E-state index is 5.55. The standard InChI is InChI=1S/C16H28N4O/c1-5-12-7-9-13(10-8-12)20(3)16-14(21-4)15(17-6-2)18-11-19-16/h11-13H,5-10H2,1-4H3,(H,17,18,19). The Morgan fingerprint density at radius 3 is 2.52 bits per heavy atom. The minimum absolute atomic E-state index is 0.547. The summed E-state index contributed by atoms with van der Waals surface area (Å²) >= 11 is 0. The lowest BCUT2D eigenvalue weighted by Crippen LogP contribution is -2.36. The van der Waals surface area contributed by atoms with Crippen molar-refractivity contribution in [3.63, 3.8) is 0 Å². The number of nitrogens with one attached hydrogen (secondary N) is 1. The van der Waals surface area contributed by atoms with Crippen LogP contribution in [-0.2, 0) is 0 Å². The molecule has 2 rings (SSSR count). The molecule has 5 nitrogen and oxygen atoms in total. The summed E-state index contributed by atoms with van der Waals surface area (Å²) in [5.74, 6) is 3.32. The van der Waals surface area contributed by atoms with Gasteiger partial charge in [-0.25, -0.2) is 9.97 Å². The fourth-order valence-electron chi connectivity index (χ4n) is 3.21. The van der Waals surface area contributed by atoms with E-state index in [2.05, 4.69) is 41.1 Å². The predicted molar refractivity (Wildman–Crippen MR) is 87.2 cm³/mol. The van der Waals surface area contributed by atoms with Crippen molar-refractivity contribution in [2.45, 2.75) is 52.0 Å². The predicted octanol–water partition coefficient (Wildman–Crippen LogP) is 3.32. The molecule has 1 heterocycles. The number of aromatic nitrogens is 2. The lowest BCUT2D eigenvalue weighted by Gasteiger charge is -2.35. The molecule has 1 aromatic rings. The molecular weight excluding hydrogens is 264 g/mol. The van der Waals surface area contributed by atoms with E-state index < -0.39 is 0 Å². The van der Waals surface area contributed by atoms with Gasteiger partial charge in [0.25, 0.3) is 0 Å². The molecule has 0 amide bonds. The van der Waals surface area contributed by atoms with Gasteiger partial charge in [-0.3, -0.25) is 0 Å². The van der Waals surface area contributed by atoms with Crippen LogP contribution in [0.15, 0.2) is 6.33 Å². The van der Waals surface area contributed by atoms with Crippen LogP contribution >= 0.6 is 0 Å². The summed E-state index contributed by atoms with van der Waals surface area (Å²) in [6, 6.07) is 0.547. The Hall–Kier alpha value is -1.52. The van der Waals surface area contributed by atoms with E-state index in [4.69, 9.17) is 4.74 Å². The minimum atomic E-state index is 0.547. The van der Waals surface area contributed by atoms with Crippen LogP contribution in [0.2, 0.25) is 0 Å². The topological polar surface area (TPSA) is 50.3 Å². The molecule has 0 bridgehead atoms. The number of ether oxygens (including phenoxy) is 1. The van der Waals surface area contributed by atoms with Gasteiger partial charge in [0, 0.05) is 19.6 Å². The highest BCUT2D eigenvalue weighted by atomic mass is 16.5. The summed E-state index contributed by atoms with van der Waals surface area (Å²) in [6.07, 6.45) is 8.03. The van der Waals surface area contributed by atoms with E-state index in [9.17, 15) is 0 Å². The highest BCUT2D eigenvalue weighted by Crippen LogP contribution is 2.36. The Balaban J connectivity index is 2.15. The fraction of sp³-hybridized carbons (Fsp3) is 0.750. The summed E-state index contributed by atoms with van der Waals surface area (Å²) in [5, 5.41) is 3.24. The molecule has 1 aromatic heterocycles. The van der Waals surface area contributed by atoms with Crippen molar-refractivity contribution < 1.29 is 4.74 Å². The van der Waals surface area contributed by atoms with Crippen LogP contribution in [-0.4, -0.2) is 36.7 Å². The third-order valence-corrected chi connectivity index (χ3v) is 4.61. The molecule has 1 aliphatic carbocycles. The van der Waals surface area contributed by atoms with Gasteiger partial charge in [-0.1, -0.05) is 13.3 Å². The minimum Gasteiger partial charge on any atom is -0.490 e. The summed E-state index contributed by atoms with van der Waals surface area (Å²) < 4.78 is 5.55. The Morgan fingerprint density at radius 2 is 1.95 bits per heavy atom. The zero-order valence-electron chi connectivity index (χ0n) is 13.7. The second kappa shape index (κ2) is 7.48.